The van der Waals surface area contributed by atoms with Crippen molar-refractivity contribution < 1.29 is 9.53 Å². The van der Waals surface area contributed by atoms with Crippen LogP contribution < -0.4 is 5.32 Å². The van der Waals surface area contributed by atoms with Crippen molar-refractivity contribution in [2.45, 2.75) is 45.4 Å². The van der Waals surface area contributed by atoms with Gasteiger partial charge in [-0.15, -0.1) is 11.3 Å². The molecular weight excluding hydrogens is 296 g/mol. The van der Waals surface area contributed by atoms with Crippen LogP contribution in [0.15, 0.2) is 11.4 Å². The number of nitrogens with one attached hydrogen (secondary N) is 1. The molecule has 20 heavy (non-hydrogen) atoms. The van der Waals surface area contributed by atoms with Crippen LogP contribution in [0.5, 0.6) is 0 Å². The van der Waals surface area contributed by atoms with Crippen LogP contribution in [0.3, 0.4) is 0 Å². The summed E-state index contributed by atoms with van der Waals surface area (Å²) in [6.45, 7) is 9.12. The van der Waals surface area contributed by atoms with Crippen molar-refractivity contribution in [1.82, 2.24) is 10.2 Å². The average molecular weight is 317 g/mol. The molecule has 1 aliphatic rings. The van der Waals surface area contributed by atoms with E-state index in [0.717, 1.165) is 4.34 Å². The standard InChI is InChI=1S/C14H21ClN2O2S/c1-9(10-5-12(15)20-8-10)16-11-6-17(7-11)13(18)19-14(2,3)4/h5,8-9,11,16H,6-7H2,1-4H3. The molecule has 6 heteroatoms. The smallest absolute Gasteiger partial charge is 0.410 e. The van der Waals surface area contributed by atoms with Crippen molar-refractivity contribution in [3.8, 4) is 0 Å². The van der Waals surface area contributed by atoms with Crippen LogP contribution in [-0.4, -0.2) is 35.7 Å². The minimum absolute atomic E-state index is 0.234. The first-order valence-corrected chi connectivity index (χ1v) is 7.98. The molecule has 2 heterocycles. The molecule has 0 radical (unpaired) electrons. The molecule has 0 aliphatic carbocycles. The fourth-order valence-electron chi connectivity index (χ4n) is 2.06. The van der Waals surface area contributed by atoms with Gasteiger partial charge in [0, 0.05) is 25.2 Å². The Morgan fingerprint density at radius 1 is 1.55 bits per heavy atom. The third-order valence-electron chi connectivity index (χ3n) is 3.11. The Morgan fingerprint density at radius 2 is 2.20 bits per heavy atom. The lowest BCUT2D eigenvalue weighted by atomic mass is 10.1. The molecule has 1 N–H and O–H groups in total. The largest absolute Gasteiger partial charge is 0.444 e. The van der Waals surface area contributed by atoms with Gasteiger partial charge in [0.25, 0.3) is 0 Å². The number of hydrogen-bond acceptors (Lipinski definition) is 4. The van der Waals surface area contributed by atoms with E-state index in [1.807, 2.05) is 26.8 Å². The molecule has 112 valence electrons. The highest BCUT2D eigenvalue weighted by atomic mass is 35.5. The summed E-state index contributed by atoms with van der Waals surface area (Å²) in [5, 5.41) is 5.55. The van der Waals surface area contributed by atoms with E-state index >= 15 is 0 Å². The number of thiophene rings is 1. The molecule has 0 saturated carbocycles. The third-order valence-corrected chi connectivity index (χ3v) is 4.22. The molecule has 1 aliphatic heterocycles. The Kier molecular flexibility index (Phi) is 4.62. The van der Waals surface area contributed by atoms with Crippen LogP contribution in [0.1, 0.15) is 39.3 Å². The second-order valence-corrected chi connectivity index (χ2v) is 7.70. The predicted octanol–water partition coefficient (Wildman–Crippen LogP) is 3.67. The summed E-state index contributed by atoms with van der Waals surface area (Å²) in [5.74, 6) is 0. The normalized spacial score (nSPS) is 17.8. The molecule has 1 amide bonds. The molecule has 1 aromatic rings. The number of amides is 1. The summed E-state index contributed by atoms with van der Waals surface area (Å²) in [6.07, 6.45) is -0.234. The summed E-state index contributed by atoms with van der Waals surface area (Å²) >= 11 is 7.47. The SMILES string of the molecule is CC(NC1CN(C(=O)OC(C)(C)C)C1)c1csc(Cl)c1. The van der Waals surface area contributed by atoms with Gasteiger partial charge in [0.15, 0.2) is 0 Å². The Labute approximate surface area is 129 Å². The van der Waals surface area contributed by atoms with Crippen LogP contribution >= 0.6 is 22.9 Å². The number of nitrogens with zero attached hydrogens (tertiary/aromatic N) is 1. The van der Waals surface area contributed by atoms with E-state index in [9.17, 15) is 4.79 Å². The molecular formula is C14H21ClN2O2S. The Morgan fingerprint density at radius 3 is 2.70 bits per heavy atom. The van der Waals surface area contributed by atoms with Crippen molar-refractivity contribution in [3.05, 3.63) is 21.3 Å². The molecule has 1 fully saturated rings. The van der Waals surface area contributed by atoms with Gasteiger partial charge in [-0.3, -0.25) is 0 Å². The minimum Gasteiger partial charge on any atom is -0.444 e. The van der Waals surface area contributed by atoms with Gasteiger partial charge in [-0.1, -0.05) is 11.6 Å². The lowest BCUT2D eigenvalue weighted by molar-refractivity contribution is 0.00434. The van der Waals surface area contributed by atoms with Crippen molar-refractivity contribution in [2.75, 3.05) is 13.1 Å². The molecule has 0 spiro atoms. The molecule has 1 aromatic heterocycles. The number of hydrogen-bond donors (Lipinski definition) is 1. The van der Waals surface area contributed by atoms with Crippen molar-refractivity contribution >= 4 is 29.0 Å². The zero-order valence-electron chi connectivity index (χ0n) is 12.3. The molecule has 4 nitrogen and oxygen atoms in total. The van der Waals surface area contributed by atoms with Crippen LogP contribution in [0.2, 0.25) is 4.34 Å². The van der Waals surface area contributed by atoms with Gasteiger partial charge in [0.05, 0.1) is 4.34 Å². The van der Waals surface area contributed by atoms with E-state index in [4.69, 9.17) is 16.3 Å². The Bertz CT molecular complexity index is 478. The number of likely N-dealkylation sites (tertiary alicyclic amines) is 1. The lowest BCUT2D eigenvalue weighted by Crippen LogP contribution is -2.60. The van der Waals surface area contributed by atoms with Crippen LogP contribution in [0.25, 0.3) is 0 Å². The average Bonchev–Trinajstić information content (AvgIpc) is 2.66. The highest BCUT2D eigenvalue weighted by Crippen LogP contribution is 2.26. The maximum Gasteiger partial charge on any atom is 0.410 e. The summed E-state index contributed by atoms with van der Waals surface area (Å²) in [5.41, 5.74) is 0.756. The first-order chi connectivity index (χ1) is 9.24. The van der Waals surface area contributed by atoms with Crippen LogP contribution in [0.4, 0.5) is 4.79 Å². The highest BCUT2D eigenvalue weighted by Gasteiger charge is 2.34. The fraction of sp³-hybridized carbons (Fsp3) is 0.643. The number of carbonyl (C=O) groups excluding carboxylic acids is 1. The molecule has 0 bridgehead atoms. The predicted molar refractivity (Wildman–Crippen MR) is 82.5 cm³/mol. The van der Waals surface area contributed by atoms with Crippen LogP contribution in [0, 0.1) is 0 Å². The van der Waals surface area contributed by atoms with E-state index in [1.54, 1.807) is 4.90 Å². The number of rotatable bonds is 3. The first-order valence-electron chi connectivity index (χ1n) is 6.72. The molecule has 1 saturated heterocycles. The molecule has 1 atom stereocenters. The summed E-state index contributed by atoms with van der Waals surface area (Å²) < 4.78 is 6.13. The summed E-state index contributed by atoms with van der Waals surface area (Å²) in [7, 11) is 0. The van der Waals surface area contributed by atoms with Gasteiger partial charge in [0.2, 0.25) is 0 Å². The minimum atomic E-state index is -0.434. The molecule has 1 unspecified atom stereocenters. The second-order valence-electron chi connectivity index (χ2n) is 6.15. The third kappa shape index (κ3) is 4.11. The summed E-state index contributed by atoms with van der Waals surface area (Å²) in [6, 6.07) is 2.54. The number of ether oxygens (including phenoxy) is 1. The summed E-state index contributed by atoms with van der Waals surface area (Å²) in [4.78, 5) is 13.5. The van der Waals surface area contributed by atoms with Crippen molar-refractivity contribution in [2.24, 2.45) is 0 Å². The highest BCUT2D eigenvalue weighted by molar-refractivity contribution is 7.14. The van der Waals surface area contributed by atoms with Crippen molar-refractivity contribution in [3.63, 3.8) is 0 Å². The van der Waals surface area contributed by atoms with E-state index < -0.39 is 5.60 Å². The van der Waals surface area contributed by atoms with Gasteiger partial charge >= 0.3 is 6.09 Å². The molecule has 0 aromatic carbocycles. The maximum absolute atomic E-state index is 11.8. The van der Waals surface area contributed by atoms with Gasteiger partial charge in [0.1, 0.15) is 5.60 Å². The van der Waals surface area contributed by atoms with E-state index in [1.165, 1.54) is 16.9 Å². The molecule has 2 rings (SSSR count). The zero-order chi connectivity index (χ0) is 14.9. The Balaban J connectivity index is 1.75. The van der Waals surface area contributed by atoms with Gasteiger partial charge in [-0.2, -0.15) is 0 Å². The zero-order valence-corrected chi connectivity index (χ0v) is 13.8. The van der Waals surface area contributed by atoms with Gasteiger partial charge in [-0.25, -0.2) is 4.79 Å². The van der Waals surface area contributed by atoms with E-state index in [0.29, 0.717) is 19.1 Å². The monoisotopic (exact) mass is 316 g/mol. The maximum atomic E-state index is 11.8. The number of halogens is 1. The topological polar surface area (TPSA) is 41.6 Å². The lowest BCUT2D eigenvalue weighted by Gasteiger charge is -2.41. The number of carbonyl (C=O) groups is 1. The van der Waals surface area contributed by atoms with Gasteiger partial charge < -0.3 is 15.0 Å². The Hall–Kier alpha value is -0.780. The van der Waals surface area contributed by atoms with Crippen molar-refractivity contribution in [1.29, 1.82) is 0 Å². The van der Waals surface area contributed by atoms with Crippen LogP contribution in [-0.2, 0) is 4.74 Å². The van der Waals surface area contributed by atoms with E-state index in [-0.39, 0.29) is 12.1 Å². The van der Waals surface area contributed by atoms with Gasteiger partial charge in [-0.05, 0) is 44.7 Å². The quantitative estimate of drug-likeness (QED) is 0.925. The fourth-order valence-corrected chi connectivity index (χ4v) is 3.04. The first kappa shape index (κ1) is 15.6. The van der Waals surface area contributed by atoms with E-state index in [2.05, 4.69) is 17.6 Å². The second kappa shape index (κ2) is 5.92.